The average molecular weight is 704 g/mol. The summed E-state index contributed by atoms with van der Waals surface area (Å²) >= 11 is 0. The highest BCUT2D eigenvalue weighted by molar-refractivity contribution is 6.22. The molecule has 2 heterocycles. The van der Waals surface area contributed by atoms with E-state index in [0.717, 1.165) is 88.8 Å². The van der Waals surface area contributed by atoms with Gasteiger partial charge in [0.15, 0.2) is 0 Å². The average Bonchev–Trinajstić information content (AvgIpc) is 3.83. The second kappa shape index (κ2) is 12.6. The van der Waals surface area contributed by atoms with E-state index in [0.29, 0.717) is 0 Å². The predicted molar refractivity (Wildman–Crippen MR) is 229 cm³/mol. The number of para-hydroxylation sites is 1. The Kier molecular flexibility index (Phi) is 7.17. The van der Waals surface area contributed by atoms with Crippen molar-refractivity contribution in [1.82, 2.24) is 0 Å². The summed E-state index contributed by atoms with van der Waals surface area (Å²) in [6, 6.07) is 70.8. The van der Waals surface area contributed by atoms with Crippen LogP contribution >= 0.6 is 0 Å². The van der Waals surface area contributed by atoms with Crippen molar-refractivity contribution >= 4 is 71.7 Å². The zero-order chi connectivity index (χ0) is 36.3. The highest BCUT2D eigenvalue weighted by Gasteiger charge is 2.19. The lowest BCUT2D eigenvalue weighted by Crippen LogP contribution is -2.10. The molecule has 2 aromatic heterocycles. The van der Waals surface area contributed by atoms with Gasteiger partial charge in [-0.05, 0) is 99.3 Å². The van der Waals surface area contributed by atoms with Gasteiger partial charge in [-0.1, -0.05) is 133 Å². The maximum atomic E-state index is 6.77. The number of rotatable bonds is 6. The second-order valence-corrected chi connectivity index (χ2v) is 14.1. The highest BCUT2D eigenvalue weighted by Crippen LogP contribution is 2.43. The fourth-order valence-corrected chi connectivity index (χ4v) is 8.20. The van der Waals surface area contributed by atoms with Crippen molar-refractivity contribution in [1.29, 1.82) is 0 Å². The fourth-order valence-electron chi connectivity index (χ4n) is 8.20. The number of fused-ring (bicyclic) bond motifs is 8. The minimum atomic E-state index is 0.863. The molecule has 9 aromatic carbocycles. The molecule has 0 unspecified atom stereocenters. The van der Waals surface area contributed by atoms with Gasteiger partial charge in [-0.15, -0.1) is 0 Å². The first kappa shape index (κ1) is 31.2. The Balaban J connectivity index is 1.03. The van der Waals surface area contributed by atoms with Crippen LogP contribution in [0.4, 0.5) is 17.1 Å². The monoisotopic (exact) mass is 703 g/mol. The number of nitrogens with zero attached hydrogens (tertiary/aromatic N) is 1. The molecule has 0 amide bonds. The number of anilines is 3. The van der Waals surface area contributed by atoms with E-state index < -0.39 is 0 Å². The van der Waals surface area contributed by atoms with E-state index in [-0.39, 0.29) is 0 Å². The Morgan fingerprint density at radius 2 is 0.891 bits per heavy atom. The molecular weight excluding hydrogens is 671 g/mol. The van der Waals surface area contributed by atoms with Crippen LogP contribution in [-0.2, 0) is 0 Å². The third-order valence-electron chi connectivity index (χ3n) is 10.8. The molecule has 0 aliphatic heterocycles. The number of hydrogen-bond acceptors (Lipinski definition) is 3. The molecule has 0 aliphatic carbocycles. The van der Waals surface area contributed by atoms with E-state index >= 15 is 0 Å². The lowest BCUT2D eigenvalue weighted by atomic mass is 9.96. The van der Waals surface area contributed by atoms with E-state index in [1.54, 1.807) is 0 Å². The summed E-state index contributed by atoms with van der Waals surface area (Å²) in [5, 5.41) is 6.91. The lowest BCUT2D eigenvalue weighted by Gasteiger charge is -2.26. The van der Waals surface area contributed by atoms with Crippen LogP contribution in [0.1, 0.15) is 0 Å². The molecule has 3 nitrogen and oxygen atoms in total. The number of furan rings is 2. The minimum absolute atomic E-state index is 0.863. The Labute approximate surface area is 317 Å². The van der Waals surface area contributed by atoms with Gasteiger partial charge in [0.05, 0.1) is 0 Å². The van der Waals surface area contributed by atoms with Crippen LogP contribution < -0.4 is 4.90 Å². The third-order valence-corrected chi connectivity index (χ3v) is 10.8. The Morgan fingerprint density at radius 3 is 1.73 bits per heavy atom. The summed E-state index contributed by atoms with van der Waals surface area (Å²) in [5.74, 6) is 0. The van der Waals surface area contributed by atoms with Crippen molar-refractivity contribution in [2.24, 2.45) is 0 Å². The van der Waals surface area contributed by atoms with Gasteiger partial charge in [-0.25, -0.2) is 0 Å². The zero-order valence-corrected chi connectivity index (χ0v) is 29.8. The third kappa shape index (κ3) is 5.28. The Bertz CT molecular complexity index is 3190. The molecule has 11 rings (SSSR count). The first-order chi connectivity index (χ1) is 27.2. The van der Waals surface area contributed by atoms with Crippen molar-refractivity contribution in [2.45, 2.75) is 0 Å². The van der Waals surface area contributed by atoms with Gasteiger partial charge in [0.2, 0.25) is 0 Å². The van der Waals surface area contributed by atoms with Gasteiger partial charge in [0.25, 0.3) is 0 Å². The molecule has 0 atom stereocenters. The van der Waals surface area contributed by atoms with Crippen LogP contribution in [0.5, 0.6) is 0 Å². The van der Waals surface area contributed by atoms with Gasteiger partial charge >= 0.3 is 0 Å². The topological polar surface area (TPSA) is 29.5 Å². The second-order valence-electron chi connectivity index (χ2n) is 14.1. The van der Waals surface area contributed by atoms with Crippen molar-refractivity contribution < 1.29 is 8.83 Å². The van der Waals surface area contributed by atoms with Crippen LogP contribution in [0.25, 0.3) is 88.0 Å². The minimum Gasteiger partial charge on any atom is -0.456 e. The van der Waals surface area contributed by atoms with Crippen LogP contribution in [0, 0.1) is 0 Å². The number of benzene rings is 9. The van der Waals surface area contributed by atoms with E-state index in [2.05, 4.69) is 193 Å². The zero-order valence-electron chi connectivity index (χ0n) is 29.8. The van der Waals surface area contributed by atoms with Crippen molar-refractivity contribution in [3.8, 4) is 33.4 Å². The summed E-state index contributed by atoms with van der Waals surface area (Å²) in [6.45, 7) is 0. The van der Waals surface area contributed by atoms with Crippen molar-refractivity contribution in [2.75, 3.05) is 4.90 Å². The normalized spacial score (nSPS) is 11.6. The SMILES string of the molecule is c1ccc(-c2cccc(N(c3ccc(-c4ccc5c(c4)oc4c(-c6ccccc6)cc6ccccc6c45)cc3)c3ccc4c(c3)oc3ccccc34)c2)cc1. The Hall–Kier alpha value is -7.36. The molecule has 0 radical (unpaired) electrons. The van der Waals surface area contributed by atoms with Gasteiger partial charge < -0.3 is 13.7 Å². The first-order valence-electron chi connectivity index (χ1n) is 18.7. The summed E-state index contributed by atoms with van der Waals surface area (Å²) in [4.78, 5) is 2.31. The van der Waals surface area contributed by atoms with E-state index in [1.165, 1.54) is 16.3 Å². The summed E-state index contributed by atoms with van der Waals surface area (Å²) in [6.07, 6.45) is 0. The molecule has 258 valence electrons. The van der Waals surface area contributed by atoms with Crippen LogP contribution in [0.3, 0.4) is 0 Å². The molecule has 0 bridgehead atoms. The predicted octanol–water partition coefficient (Wildman–Crippen LogP) is 15.1. The van der Waals surface area contributed by atoms with E-state index in [4.69, 9.17) is 8.83 Å². The lowest BCUT2D eigenvalue weighted by molar-refractivity contribution is 0.669. The molecule has 11 aromatic rings. The van der Waals surface area contributed by atoms with E-state index in [9.17, 15) is 0 Å². The highest BCUT2D eigenvalue weighted by atomic mass is 16.3. The van der Waals surface area contributed by atoms with Gasteiger partial charge in [-0.3, -0.25) is 0 Å². The molecule has 0 fully saturated rings. The fraction of sp³-hybridized carbons (Fsp3) is 0. The molecule has 0 saturated heterocycles. The maximum Gasteiger partial charge on any atom is 0.143 e. The smallest absolute Gasteiger partial charge is 0.143 e. The van der Waals surface area contributed by atoms with Gasteiger partial charge in [-0.2, -0.15) is 0 Å². The molecule has 0 aliphatic rings. The summed E-state index contributed by atoms with van der Waals surface area (Å²) in [7, 11) is 0. The Morgan fingerprint density at radius 1 is 0.309 bits per heavy atom. The summed E-state index contributed by atoms with van der Waals surface area (Å²) in [5.41, 5.74) is 13.5. The molecule has 3 heteroatoms. The standard InChI is InChI=1S/C52H33NO2/c1-3-12-34(13-4-1)37-17-11-18-41(30-37)53(42-27-29-45-44-20-9-10-21-48(44)54-50(45)33-42)40-25-22-35(23-26-40)38-24-28-46-49(32-38)55-52-47(36-14-5-2-6-15-36)31-39-16-7-8-19-43(39)51(46)52/h1-33H. The van der Waals surface area contributed by atoms with Crippen molar-refractivity contribution in [3.05, 3.63) is 200 Å². The van der Waals surface area contributed by atoms with Crippen LogP contribution in [0.15, 0.2) is 209 Å². The van der Waals surface area contributed by atoms with Gasteiger partial charge in [0.1, 0.15) is 22.3 Å². The van der Waals surface area contributed by atoms with Crippen molar-refractivity contribution in [3.63, 3.8) is 0 Å². The summed E-state index contributed by atoms with van der Waals surface area (Å²) < 4.78 is 13.1. The number of hydrogen-bond donors (Lipinski definition) is 0. The van der Waals surface area contributed by atoms with Crippen LogP contribution in [-0.4, -0.2) is 0 Å². The maximum absolute atomic E-state index is 6.77. The molecule has 0 N–H and O–H groups in total. The first-order valence-corrected chi connectivity index (χ1v) is 18.7. The van der Waals surface area contributed by atoms with E-state index in [1.807, 2.05) is 12.1 Å². The molecular formula is C52H33NO2. The largest absolute Gasteiger partial charge is 0.456 e. The van der Waals surface area contributed by atoms with Crippen LogP contribution in [0.2, 0.25) is 0 Å². The molecule has 55 heavy (non-hydrogen) atoms. The molecule has 0 saturated carbocycles. The molecule has 0 spiro atoms. The quantitative estimate of drug-likeness (QED) is 0.173. The van der Waals surface area contributed by atoms with Gasteiger partial charge in [0, 0.05) is 50.2 Å².